The molecule has 0 aromatic heterocycles. The highest BCUT2D eigenvalue weighted by Gasteiger charge is 2.26. The van der Waals surface area contributed by atoms with Crippen molar-refractivity contribution in [3.8, 4) is 0 Å². The van der Waals surface area contributed by atoms with Crippen LogP contribution in [0.2, 0.25) is 0 Å². The molecule has 100 valence electrons. The third-order valence-corrected chi connectivity index (χ3v) is 4.80. The number of rotatable bonds is 3. The van der Waals surface area contributed by atoms with E-state index in [0.29, 0.717) is 0 Å². The second-order valence-corrected chi connectivity index (χ2v) is 6.79. The van der Waals surface area contributed by atoms with Crippen molar-refractivity contribution in [2.24, 2.45) is 5.73 Å². The van der Waals surface area contributed by atoms with Gasteiger partial charge in [-0.2, -0.15) is 0 Å². The van der Waals surface area contributed by atoms with E-state index in [1.165, 1.54) is 11.1 Å². The Kier molecular flexibility index (Phi) is 4.54. The van der Waals surface area contributed by atoms with Crippen LogP contribution in [-0.2, 0) is 10.8 Å². The average Bonchev–Trinajstić information content (AvgIpc) is 2.34. The molecule has 0 amide bonds. The van der Waals surface area contributed by atoms with Crippen molar-refractivity contribution < 1.29 is 4.21 Å². The van der Waals surface area contributed by atoms with Gasteiger partial charge in [0.25, 0.3) is 0 Å². The van der Waals surface area contributed by atoms with Crippen LogP contribution in [0.15, 0.2) is 24.3 Å². The van der Waals surface area contributed by atoms with E-state index in [1.807, 2.05) is 0 Å². The van der Waals surface area contributed by atoms with Gasteiger partial charge in [-0.15, -0.1) is 0 Å². The Bertz CT molecular complexity index is 406. The van der Waals surface area contributed by atoms with E-state index in [4.69, 9.17) is 5.73 Å². The highest BCUT2D eigenvalue weighted by Crippen LogP contribution is 2.25. The van der Waals surface area contributed by atoms with E-state index in [-0.39, 0.29) is 12.1 Å². The third-order valence-electron chi connectivity index (χ3n) is 3.52. The van der Waals surface area contributed by atoms with E-state index < -0.39 is 10.8 Å². The number of aryl methyl sites for hydroxylation is 1. The molecule has 1 heterocycles. The molecule has 1 fully saturated rings. The quantitative estimate of drug-likeness (QED) is 0.900. The zero-order valence-electron chi connectivity index (χ0n) is 11.1. The Labute approximate surface area is 112 Å². The summed E-state index contributed by atoms with van der Waals surface area (Å²) in [6, 6.07) is 8.91. The van der Waals surface area contributed by atoms with Crippen molar-refractivity contribution in [1.29, 1.82) is 0 Å². The van der Waals surface area contributed by atoms with Gasteiger partial charge < -0.3 is 5.73 Å². The molecule has 4 heteroatoms. The Balaban J connectivity index is 2.17. The molecule has 0 bridgehead atoms. The Morgan fingerprint density at radius 1 is 1.22 bits per heavy atom. The molecule has 1 saturated heterocycles. The maximum atomic E-state index is 11.4. The van der Waals surface area contributed by atoms with Crippen molar-refractivity contribution in [3.63, 3.8) is 0 Å². The van der Waals surface area contributed by atoms with Crippen molar-refractivity contribution in [2.75, 3.05) is 24.6 Å². The fraction of sp³-hybridized carbons (Fsp3) is 0.571. The summed E-state index contributed by atoms with van der Waals surface area (Å²) in [5.74, 6) is 1.55. The van der Waals surface area contributed by atoms with E-state index in [1.54, 1.807) is 0 Å². The first kappa shape index (κ1) is 13.7. The van der Waals surface area contributed by atoms with E-state index >= 15 is 0 Å². The summed E-state index contributed by atoms with van der Waals surface area (Å²) in [5.41, 5.74) is 8.69. The lowest BCUT2D eigenvalue weighted by atomic mass is 9.98. The lowest BCUT2D eigenvalue weighted by Crippen LogP contribution is -2.46. The van der Waals surface area contributed by atoms with Crippen LogP contribution in [0, 0.1) is 6.92 Å². The number of hydrogen-bond donors (Lipinski definition) is 1. The second-order valence-electron chi connectivity index (χ2n) is 5.10. The summed E-state index contributed by atoms with van der Waals surface area (Å²) >= 11 is 0. The minimum Gasteiger partial charge on any atom is -0.326 e. The summed E-state index contributed by atoms with van der Waals surface area (Å²) in [6.07, 6.45) is 0. The largest absolute Gasteiger partial charge is 0.326 e. The van der Waals surface area contributed by atoms with Crippen LogP contribution in [0.25, 0.3) is 0 Å². The lowest BCUT2D eigenvalue weighted by Gasteiger charge is -2.36. The number of nitrogens with two attached hydrogens (primary N) is 1. The van der Waals surface area contributed by atoms with Gasteiger partial charge in [0.2, 0.25) is 0 Å². The molecular formula is C14H22N2OS. The predicted molar refractivity (Wildman–Crippen MR) is 77.0 cm³/mol. The number of nitrogens with zero attached hydrogens (tertiary/aromatic N) is 1. The van der Waals surface area contributed by atoms with Gasteiger partial charge in [0, 0.05) is 47.5 Å². The summed E-state index contributed by atoms with van der Waals surface area (Å²) in [4.78, 5) is 2.37. The summed E-state index contributed by atoms with van der Waals surface area (Å²) in [6.45, 7) is 5.91. The van der Waals surface area contributed by atoms with Gasteiger partial charge in [0.05, 0.1) is 0 Å². The van der Waals surface area contributed by atoms with Gasteiger partial charge in [-0.1, -0.05) is 29.8 Å². The van der Waals surface area contributed by atoms with Crippen LogP contribution in [0.4, 0.5) is 0 Å². The molecule has 2 rings (SSSR count). The van der Waals surface area contributed by atoms with Crippen LogP contribution in [0.1, 0.15) is 24.1 Å². The summed E-state index contributed by atoms with van der Waals surface area (Å²) in [5, 5.41) is 0. The molecule has 0 aliphatic carbocycles. The van der Waals surface area contributed by atoms with Gasteiger partial charge in [-0.05, 0) is 19.4 Å². The summed E-state index contributed by atoms with van der Waals surface area (Å²) < 4.78 is 11.4. The maximum Gasteiger partial charge on any atom is 0.0497 e. The maximum absolute atomic E-state index is 11.4. The van der Waals surface area contributed by atoms with Crippen LogP contribution in [0.5, 0.6) is 0 Å². The second kappa shape index (κ2) is 5.95. The van der Waals surface area contributed by atoms with Crippen molar-refractivity contribution in [1.82, 2.24) is 4.90 Å². The molecule has 3 nitrogen and oxygen atoms in total. The monoisotopic (exact) mass is 266 g/mol. The molecule has 0 radical (unpaired) electrons. The molecule has 0 spiro atoms. The van der Waals surface area contributed by atoms with Gasteiger partial charge in [0.1, 0.15) is 0 Å². The number of benzene rings is 1. The molecule has 1 aromatic rings. The fourth-order valence-corrected chi connectivity index (χ4v) is 3.62. The molecule has 1 aromatic carbocycles. The molecule has 2 unspecified atom stereocenters. The molecule has 1 aliphatic heterocycles. The first-order chi connectivity index (χ1) is 8.58. The van der Waals surface area contributed by atoms with Gasteiger partial charge >= 0.3 is 0 Å². The smallest absolute Gasteiger partial charge is 0.0497 e. The zero-order chi connectivity index (χ0) is 13.1. The third kappa shape index (κ3) is 3.19. The molecule has 2 N–H and O–H groups in total. The van der Waals surface area contributed by atoms with Crippen LogP contribution in [-0.4, -0.2) is 39.7 Å². The standard InChI is InChI=1S/C14H22N2OS/c1-11-3-5-13(6-4-11)14(12(2)15)16-7-9-18(17)10-8-16/h3-6,12,14H,7-10,15H2,1-2H3. The van der Waals surface area contributed by atoms with Crippen molar-refractivity contribution in [2.45, 2.75) is 25.9 Å². The zero-order valence-corrected chi connectivity index (χ0v) is 12.0. The van der Waals surface area contributed by atoms with Crippen LogP contribution >= 0.6 is 0 Å². The highest BCUT2D eigenvalue weighted by molar-refractivity contribution is 7.85. The van der Waals surface area contributed by atoms with Gasteiger partial charge in [-0.25, -0.2) is 0 Å². The normalized spacial score (nSPS) is 21.7. The molecule has 18 heavy (non-hydrogen) atoms. The van der Waals surface area contributed by atoms with Crippen molar-refractivity contribution >= 4 is 10.8 Å². The molecule has 0 saturated carbocycles. The van der Waals surface area contributed by atoms with Crippen molar-refractivity contribution in [3.05, 3.63) is 35.4 Å². The number of hydrogen-bond acceptors (Lipinski definition) is 3. The van der Waals surface area contributed by atoms with E-state index in [0.717, 1.165) is 24.6 Å². The lowest BCUT2D eigenvalue weighted by molar-refractivity contribution is 0.193. The molecule has 2 atom stereocenters. The average molecular weight is 266 g/mol. The summed E-state index contributed by atoms with van der Waals surface area (Å²) in [7, 11) is -0.633. The highest BCUT2D eigenvalue weighted by atomic mass is 32.2. The van der Waals surface area contributed by atoms with Crippen LogP contribution in [0.3, 0.4) is 0 Å². The van der Waals surface area contributed by atoms with E-state index in [2.05, 4.69) is 43.0 Å². The SMILES string of the molecule is Cc1ccc(C(C(C)N)N2CCS(=O)CC2)cc1. The Morgan fingerprint density at radius 2 is 1.78 bits per heavy atom. The topological polar surface area (TPSA) is 46.3 Å². The predicted octanol–water partition coefficient (Wildman–Crippen LogP) is 1.45. The molecule has 1 aliphatic rings. The minimum absolute atomic E-state index is 0.0826. The van der Waals surface area contributed by atoms with Crippen LogP contribution < -0.4 is 5.73 Å². The fourth-order valence-electron chi connectivity index (χ4n) is 2.54. The van der Waals surface area contributed by atoms with Gasteiger partial charge in [0.15, 0.2) is 0 Å². The molecular weight excluding hydrogens is 244 g/mol. The first-order valence-electron chi connectivity index (χ1n) is 6.49. The first-order valence-corrected chi connectivity index (χ1v) is 7.98. The minimum atomic E-state index is -0.633. The Hall–Kier alpha value is -0.710. The Morgan fingerprint density at radius 3 is 2.28 bits per heavy atom. The van der Waals surface area contributed by atoms with E-state index in [9.17, 15) is 4.21 Å². The van der Waals surface area contributed by atoms with Gasteiger partial charge in [-0.3, -0.25) is 9.11 Å².